The third-order valence-corrected chi connectivity index (χ3v) is 4.35. The van der Waals surface area contributed by atoms with Crippen LogP contribution in [0.4, 0.5) is 11.4 Å². The summed E-state index contributed by atoms with van der Waals surface area (Å²) in [6, 6.07) is 16.5. The summed E-state index contributed by atoms with van der Waals surface area (Å²) in [5, 5.41) is 3.58. The number of amides is 1. The summed E-state index contributed by atoms with van der Waals surface area (Å²) in [6.07, 6.45) is 1.40. The lowest BCUT2D eigenvalue weighted by atomic mass is 9.96. The number of carbonyl (C=O) groups excluding carboxylic acids is 1. The molecule has 1 amide bonds. The SMILES string of the molecule is Cc1ccc([C@@]23CCC(=O)N2c2ccccc2N3)cc1. The maximum Gasteiger partial charge on any atom is 0.229 e. The molecule has 4 rings (SSSR count). The second-order valence-electron chi connectivity index (χ2n) is 5.60. The third-order valence-electron chi connectivity index (χ3n) is 4.35. The van der Waals surface area contributed by atoms with Gasteiger partial charge in [0.25, 0.3) is 0 Å². The lowest BCUT2D eigenvalue weighted by Gasteiger charge is -2.33. The van der Waals surface area contributed by atoms with E-state index < -0.39 is 5.66 Å². The van der Waals surface area contributed by atoms with Crippen molar-refractivity contribution in [3.8, 4) is 0 Å². The summed E-state index contributed by atoms with van der Waals surface area (Å²) >= 11 is 0. The van der Waals surface area contributed by atoms with Gasteiger partial charge in [-0.2, -0.15) is 0 Å². The fraction of sp³-hybridized carbons (Fsp3) is 0.235. The minimum absolute atomic E-state index is 0.197. The number of rotatable bonds is 1. The molecule has 100 valence electrons. The number of nitrogens with one attached hydrogen (secondary N) is 1. The van der Waals surface area contributed by atoms with Crippen LogP contribution in [-0.2, 0) is 10.5 Å². The average Bonchev–Trinajstić information content (AvgIpc) is 2.96. The van der Waals surface area contributed by atoms with E-state index in [9.17, 15) is 4.79 Å². The molecule has 20 heavy (non-hydrogen) atoms. The van der Waals surface area contributed by atoms with Crippen molar-refractivity contribution in [1.29, 1.82) is 0 Å². The number of fused-ring (bicyclic) bond motifs is 3. The van der Waals surface area contributed by atoms with Crippen molar-refractivity contribution >= 4 is 17.3 Å². The number of para-hydroxylation sites is 2. The number of anilines is 2. The topological polar surface area (TPSA) is 32.3 Å². The van der Waals surface area contributed by atoms with Gasteiger partial charge < -0.3 is 5.32 Å². The predicted octanol–water partition coefficient (Wildman–Crippen LogP) is 3.40. The van der Waals surface area contributed by atoms with Crippen LogP contribution in [0.1, 0.15) is 24.0 Å². The zero-order valence-electron chi connectivity index (χ0n) is 11.4. The fourth-order valence-corrected chi connectivity index (χ4v) is 3.35. The molecule has 3 heteroatoms. The Kier molecular flexibility index (Phi) is 2.22. The lowest BCUT2D eigenvalue weighted by molar-refractivity contribution is -0.117. The predicted molar refractivity (Wildman–Crippen MR) is 79.6 cm³/mol. The lowest BCUT2D eigenvalue weighted by Crippen LogP contribution is -2.44. The van der Waals surface area contributed by atoms with Gasteiger partial charge in [-0.25, -0.2) is 0 Å². The van der Waals surface area contributed by atoms with E-state index in [0.29, 0.717) is 6.42 Å². The molecule has 0 unspecified atom stereocenters. The minimum atomic E-state index is -0.394. The van der Waals surface area contributed by atoms with Gasteiger partial charge in [0.2, 0.25) is 5.91 Å². The highest BCUT2D eigenvalue weighted by molar-refractivity contribution is 6.04. The van der Waals surface area contributed by atoms with Crippen molar-refractivity contribution in [2.75, 3.05) is 10.2 Å². The molecule has 2 aromatic rings. The van der Waals surface area contributed by atoms with Crippen molar-refractivity contribution in [1.82, 2.24) is 0 Å². The highest BCUT2D eigenvalue weighted by atomic mass is 16.2. The Labute approximate surface area is 118 Å². The summed E-state index contributed by atoms with van der Waals surface area (Å²) in [5.41, 5.74) is 4.03. The van der Waals surface area contributed by atoms with E-state index in [2.05, 4.69) is 36.5 Å². The molecule has 2 aliphatic heterocycles. The van der Waals surface area contributed by atoms with Crippen LogP contribution in [0.5, 0.6) is 0 Å². The van der Waals surface area contributed by atoms with Crippen LogP contribution in [-0.4, -0.2) is 5.91 Å². The van der Waals surface area contributed by atoms with E-state index in [4.69, 9.17) is 0 Å². The maximum absolute atomic E-state index is 12.3. The number of nitrogens with zero attached hydrogens (tertiary/aromatic N) is 1. The minimum Gasteiger partial charge on any atom is -0.357 e. The standard InChI is InChI=1S/C17H16N2O/c1-12-6-8-13(9-7-12)17-11-10-16(20)19(17)15-5-3-2-4-14(15)18-17/h2-9,18H,10-11H2,1H3/t17-/m1/s1. The van der Waals surface area contributed by atoms with E-state index in [1.54, 1.807) is 0 Å². The molecule has 0 bridgehead atoms. The van der Waals surface area contributed by atoms with Gasteiger partial charge in [-0.3, -0.25) is 9.69 Å². The van der Waals surface area contributed by atoms with Crippen LogP contribution in [0, 0.1) is 6.92 Å². The van der Waals surface area contributed by atoms with E-state index in [0.717, 1.165) is 23.4 Å². The smallest absolute Gasteiger partial charge is 0.229 e. The first kappa shape index (κ1) is 11.5. The zero-order chi connectivity index (χ0) is 13.7. The second kappa shape index (κ2) is 3.85. The maximum atomic E-state index is 12.3. The molecule has 0 aliphatic carbocycles. The Morgan fingerprint density at radius 1 is 1.10 bits per heavy atom. The summed E-state index contributed by atoms with van der Waals surface area (Å²) < 4.78 is 0. The summed E-state index contributed by atoms with van der Waals surface area (Å²) in [7, 11) is 0. The van der Waals surface area contributed by atoms with Crippen LogP contribution >= 0.6 is 0 Å². The van der Waals surface area contributed by atoms with Gasteiger partial charge in [-0.15, -0.1) is 0 Å². The number of hydrogen-bond donors (Lipinski definition) is 1. The zero-order valence-corrected chi connectivity index (χ0v) is 11.4. The molecule has 2 heterocycles. The van der Waals surface area contributed by atoms with Crippen LogP contribution < -0.4 is 10.2 Å². The van der Waals surface area contributed by atoms with E-state index in [-0.39, 0.29) is 5.91 Å². The monoisotopic (exact) mass is 264 g/mol. The van der Waals surface area contributed by atoms with Gasteiger partial charge in [-0.1, -0.05) is 42.0 Å². The van der Waals surface area contributed by atoms with Gasteiger partial charge in [0.05, 0.1) is 11.4 Å². The molecule has 2 aromatic carbocycles. The normalized spacial score (nSPS) is 23.4. The number of hydrogen-bond acceptors (Lipinski definition) is 2. The first-order valence-electron chi connectivity index (χ1n) is 6.98. The van der Waals surface area contributed by atoms with E-state index in [1.165, 1.54) is 5.56 Å². The van der Waals surface area contributed by atoms with Crippen LogP contribution in [0.2, 0.25) is 0 Å². The van der Waals surface area contributed by atoms with Crippen molar-refractivity contribution in [3.05, 3.63) is 59.7 Å². The quantitative estimate of drug-likeness (QED) is 0.856. The van der Waals surface area contributed by atoms with Gasteiger partial charge in [0.1, 0.15) is 5.66 Å². The van der Waals surface area contributed by atoms with Crippen molar-refractivity contribution < 1.29 is 4.79 Å². The first-order valence-corrected chi connectivity index (χ1v) is 6.98. The van der Waals surface area contributed by atoms with Crippen LogP contribution in [0.15, 0.2) is 48.5 Å². The molecule has 0 saturated carbocycles. The highest BCUT2D eigenvalue weighted by Gasteiger charge is 2.52. The molecule has 1 N–H and O–H groups in total. The second-order valence-corrected chi connectivity index (χ2v) is 5.60. The Morgan fingerprint density at radius 2 is 1.85 bits per heavy atom. The van der Waals surface area contributed by atoms with Gasteiger partial charge in [-0.05, 0) is 24.6 Å². The molecule has 3 nitrogen and oxygen atoms in total. The molecule has 1 atom stereocenters. The van der Waals surface area contributed by atoms with Gasteiger partial charge >= 0.3 is 0 Å². The molecule has 1 fully saturated rings. The van der Waals surface area contributed by atoms with Crippen molar-refractivity contribution in [2.24, 2.45) is 0 Å². The summed E-state index contributed by atoms with van der Waals surface area (Å²) in [4.78, 5) is 14.3. The fourth-order valence-electron chi connectivity index (χ4n) is 3.35. The number of aryl methyl sites for hydroxylation is 1. The van der Waals surface area contributed by atoms with Gasteiger partial charge in [0, 0.05) is 12.8 Å². The van der Waals surface area contributed by atoms with Crippen LogP contribution in [0.3, 0.4) is 0 Å². The molecule has 0 radical (unpaired) electrons. The van der Waals surface area contributed by atoms with E-state index >= 15 is 0 Å². The highest BCUT2D eigenvalue weighted by Crippen LogP contribution is 2.51. The summed E-state index contributed by atoms with van der Waals surface area (Å²) in [6.45, 7) is 2.08. The molecule has 0 spiro atoms. The Balaban J connectivity index is 1.90. The third kappa shape index (κ3) is 1.38. The van der Waals surface area contributed by atoms with Crippen molar-refractivity contribution in [2.45, 2.75) is 25.4 Å². The summed E-state index contributed by atoms with van der Waals surface area (Å²) in [5.74, 6) is 0.197. The number of carbonyl (C=O) groups is 1. The Morgan fingerprint density at radius 3 is 2.65 bits per heavy atom. The number of benzene rings is 2. The molecule has 2 aliphatic rings. The first-order chi connectivity index (χ1) is 9.71. The average molecular weight is 264 g/mol. The molecule has 1 saturated heterocycles. The largest absolute Gasteiger partial charge is 0.357 e. The Bertz CT molecular complexity index is 692. The Hall–Kier alpha value is -2.29. The van der Waals surface area contributed by atoms with E-state index in [1.807, 2.05) is 29.2 Å². The molecular weight excluding hydrogens is 248 g/mol. The van der Waals surface area contributed by atoms with Crippen LogP contribution in [0.25, 0.3) is 0 Å². The van der Waals surface area contributed by atoms with Crippen molar-refractivity contribution in [3.63, 3.8) is 0 Å². The molecular formula is C17H16N2O. The molecule has 0 aromatic heterocycles. The van der Waals surface area contributed by atoms with Gasteiger partial charge in [0.15, 0.2) is 0 Å².